The Kier molecular flexibility index (Phi) is 4.55. The molecule has 0 aromatic heterocycles. The van der Waals surface area contributed by atoms with E-state index >= 15 is 0 Å². The van der Waals surface area contributed by atoms with Crippen LogP contribution in [0.15, 0.2) is 12.1 Å². The summed E-state index contributed by atoms with van der Waals surface area (Å²) < 4.78 is 32.5. The van der Waals surface area contributed by atoms with Crippen LogP contribution in [-0.4, -0.2) is 37.0 Å². The van der Waals surface area contributed by atoms with Gasteiger partial charge in [-0.15, -0.1) is 0 Å². The number of likely N-dealkylation sites (tertiary alicyclic amines) is 1. The number of carbonyl (C=O) groups excluding carboxylic acids is 2. The topological polar surface area (TPSA) is 46.6 Å². The van der Waals surface area contributed by atoms with Gasteiger partial charge < -0.3 is 9.64 Å². The first-order valence-electron chi connectivity index (χ1n) is 6.77. The number of nitrogens with zero attached hydrogens (tertiary/aromatic N) is 1. The molecule has 1 aliphatic heterocycles. The van der Waals surface area contributed by atoms with Crippen molar-refractivity contribution in [3.05, 3.63) is 34.9 Å². The molecule has 0 aliphatic carbocycles. The van der Waals surface area contributed by atoms with E-state index in [0.29, 0.717) is 19.4 Å². The lowest BCUT2D eigenvalue weighted by Crippen LogP contribution is -2.43. The molecule has 0 unspecified atom stereocenters. The molecule has 114 valence electrons. The van der Waals surface area contributed by atoms with E-state index in [4.69, 9.17) is 0 Å². The highest BCUT2D eigenvalue weighted by Crippen LogP contribution is 2.23. The van der Waals surface area contributed by atoms with Gasteiger partial charge in [0, 0.05) is 13.1 Å². The van der Waals surface area contributed by atoms with E-state index in [1.807, 2.05) is 0 Å². The minimum atomic E-state index is -0.886. The maximum atomic E-state index is 14.0. The SMILES string of the molecule is COC(=O)[C@H]1CCCN(C(=O)c2c(F)ccc(C)c2F)C1. The summed E-state index contributed by atoms with van der Waals surface area (Å²) in [5, 5.41) is 0. The van der Waals surface area contributed by atoms with Gasteiger partial charge in [-0.2, -0.15) is 0 Å². The molecule has 1 fully saturated rings. The Balaban J connectivity index is 2.24. The molecule has 0 radical (unpaired) electrons. The zero-order valence-electron chi connectivity index (χ0n) is 12.0. The molecule has 1 aromatic carbocycles. The maximum Gasteiger partial charge on any atom is 0.310 e. The Bertz CT molecular complexity index is 574. The smallest absolute Gasteiger partial charge is 0.310 e. The van der Waals surface area contributed by atoms with Crippen molar-refractivity contribution >= 4 is 11.9 Å². The predicted molar refractivity (Wildman–Crippen MR) is 71.7 cm³/mol. The van der Waals surface area contributed by atoms with Crippen molar-refractivity contribution in [2.24, 2.45) is 5.92 Å². The molecule has 1 amide bonds. The number of ether oxygens (including phenoxy) is 1. The van der Waals surface area contributed by atoms with Crippen molar-refractivity contribution in [2.75, 3.05) is 20.2 Å². The average Bonchev–Trinajstić information content (AvgIpc) is 2.50. The summed E-state index contributed by atoms with van der Waals surface area (Å²) in [5.41, 5.74) is -0.346. The van der Waals surface area contributed by atoms with Crippen LogP contribution in [0.2, 0.25) is 0 Å². The lowest BCUT2D eigenvalue weighted by molar-refractivity contribution is -0.146. The standard InChI is InChI=1S/C15H17F2NO3/c1-9-5-6-11(16)12(13(9)17)14(19)18-7-3-4-10(8-18)15(20)21-2/h5-6,10H,3-4,7-8H2,1-2H3/t10-/m0/s1. The number of piperidine rings is 1. The van der Waals surface area contributed by atoms with Gasteiger partial charge in [0.2, 0.25) is 0 Å². The van der Waals surface area contributed by atoms with E-state index < -0.39 is 35.0 Å². The Morgan fingerprint density at radius 2 is 2.05 bits per heavy atom. The van der Waals surface area contributed by atoms with Crippen molar-refractivity contribution in [3.63, 3.8) is 0 Å². The summed E-state index contributed by atoms with van der Waals surface area (Å²) >= 11 is 0. The van der Waals surface area contributed by atoms with E-state index in [0.717, 1.165) is 6.07 Å². The number of carbonyl (C=O) groups is 2. The summed E-state index contributed by atoms with van der Waals surface area (Å²) in [7, 11) is 1.28. The molecule has 1 aromatic rings. The summed E-state index contributed by atoms with van der Waals surface area (Å²) in [6, 6.07) is 2.36. The predicted octanol–water partition coefficient (Wildman–Crippen LogP) is 2.30. The van der Waals surface area contributed by atoms with Gasteiger partial charge in [-0.25, -0.2) is 8.78 Å². The largest absolute Gasteiger partial charge is 0.469 e. The van der Waals surface area contributed by atoms with Gasteiger partial charge in [-0.3, -0.25) is 9.59 Å². The van der Waals surface area contributed by atoms with Gasteiger partial charge in [0.15, 0.2) is 0 Å². The number of halogens is 2. The Hall–Kier alpha value is -1.98. The second-order valence-electron chi connectivity index (χ2n) is 5.17. The van der Waals surface area contributed by atoms with Crippen molar-refractivity contribution in [3.8, 4) is 0 Å². The van der Waals surface area contributed by atoms with Crippen molar-refractivity contribution in [1.29, 1.82) is 0 Å². The molecular formula is C15H17F2NO3. The molecule has 4 nitrogen and oxygen atoms in total. The number of esters is 1. The number of rotatable bonds is 2. The van der Waals surface area contributed by atoms with Crippen LogP contribution in [0, 0.1) is 24.5 Å². The van der Waals surface area contributed by atoms with Crippen LogP contribution in [0.3, 0.4) is 0 Å². The Morgan fingerprint density at radius 3 is 2.71 bits per heavy atom. The average molecular weight is 297 g/mol. The number of methoxy groups -OCH3 is 1. The fourth-order valence-corrected chi connectivity index (χ4v) is 2.53. The molecule has 0 N–H and O–H groups in total. The molecule has 0 saturated carbocycles. The lowest BCUT2D eigenvalue weighted by Gasteiger charge is -2.31. The second kappa shape index (κ2) is 6.20. The van der Waals surface area contributed by atoms with Crippen LogP contribution >= 0.6 is 0 Å². The first kappa shape index (κ1) is 15.4. The summed E-state index contributed by atoms with van der Waals surface area (Å²) in [5.74, 6) is -3.30. The normalized spacial score (nSPS) is 18.5. The minimum absolute atomic E-state index is 0.123. The van der Waals surface area contributed by atoms with Crippen molar-refractivity contribution in [2.45, 2.75) is 19.8 Å². The Morgan fingerprint density at radius 1 is 1.33 bits per heavy atom. The van der Waals surface area contributed by atoms with E-state index in [1.54, 1.807) is 0 Å². The lowest BCUT2D eigenvalue weighted by atomic mass is 9.97. The zero-order valence-corrected chi connectivity index (χ0v) is 12.0. The summed E-state index contributed by atoms with van der Waals surface area (Å²) in [6.07, 6.45) is 1.20. The quantitative estimate of drug-likeness (QED) is 0.787. The number of hydrogen-bond acceptors (Lipinski definition) is 3. The number of amides is 1. The monoisotopic (exact) mass is 297 g/mol. The van der Waals surface area contributed by atoms with Gasteiger partial charge in [-0.05, 0) is 31.4 Å². The van der Waals surface area contributed by atoms with E-state index in [1.165, 1.54) is 25.0 Å². The van der Waals surface area contributed by atoms with Gasteiger partial charge in [-0.1, -0.05) is 6.07 Å². The summed E-state index contributed by atoms with van der Waals surface area (Å²) in [4.78, 5) is 25.2. The molecule has 1 heterocycles. The third-order valence-electron chi connectivity index (χ3n) is 3.74. The van der Waals surface area contributed by atoms with Crippen molar-refractivity contribution in [1.82, 2.24) is 4.90 Å². The molecule has 1 atom stereocenters. The van der Waals surface area contributed by atoms with E-state index in [2.05, 4.69) is 4.74 Å². The van der Waals surface area contributed by atoms with Crippen LogP contribution < -0.4 is 0 Å². The van der Waals surface area contributed by atoms with Gasteiger partial charge in [0.1, 0.15) is 17.2 Å². The van der Waals surface area contributed by atoms with Gasteiger partial charge in [0.05, 0.1) is 13.0 Å². The molecule has 0 spiro atoms. The minimum Gasteiger partial charge on any atom is -0.469 e. The zero-order chi connectivity index (χ0) is 15.6. The highest BCUT2D eigenvalue weighted by atomic mass is 19.1. The van der Waals surface area contributed by atoms with Gasteiger partial charge in [0.25, 0.3) is 5.91 Å². The first-order chi connectivity index (χ1) is 9.95. The van der Waals surface area contributed by atoms with E-state index in [-0.39, 0.29) is 12.1 Å². The number of hydrogen-bond donors (Lipinski definition) is 0. The van der Waals surface area contributed by atoms with Crippen LogP contribution in [0.1, 0.15) is 28.8 Å². The van der Waals surface area contributed by atoms with Crippen LogP contribution in [0.4, 0.5) is 8.78 Å². The highest BCUT2D eigenvalue weighted by molar-refractivity contribution is 5.95. The fourth-order valence-electron chi connectivity index (χ4n) is 2.53. The first-order valence-corrected chi connectivity index (χ1v) is 6.77. The highest BCUT2D eigenvalue weighted by Gasteiger charge is 2.32. The number of aryl methyl sites for hydroxylation is 1. The molecule has 2 rings (SSSR count). The molecular weight excluding hydrogens is 280 g/mol. The van der Waals surface area contributed by atoms with Gasteiger partial charge >= 0.3 is 5.97 Å². The Labute approximate surface area is 121 Å². The molecule has 0 bridgehead atoms. The molecule has 1 aliphatic rings. The number of benzene rings is 1. The van der Waals surface area contributed by atoms with Crippen LogP contribution in [0.25, 0.3) is 0 Å². The maximum absolute atomic E-state index is 14.0. The second-order valence-corrected chi connectivity index (χ2v) is 5.17. The van der Waals surface area contributed by atoms with Crippen LogP contribution in [-0.2, 0) is 9.53 Å². The summed E-state index contributed by atoms with van der Waals surface area (Å²) in [6.45, 7) is 1.97. The fraction of sp³-hybridized carbons (Fsp3) is 0.467. The van der Waals surface area contributed by atoms with E-state index in [9.17, 15) is 18.4 Å². The molecule has 6 heteroatoms. The van der Waals surface area contributed by atoms with Crippen molar-refractivity contribution < 1.29 is 23.1 Å². The van der Waals surface area contributed by atoms with Crippen LogP contribution in [0.5, 0.6) is 0 Å². The third kappa shape index (κ3) is 3.04. The molecule has 21 heavy (non-hydrogen) atoms. The molecule has 1 saturated heterocycles. The third-order valence-corrected chi connectivity index (χ3v) is 3.74.